The number of hydrogen-bond donors (Lipinski definition) is 0. The third kappa shape index (κ3) is 4.78. The molecule has 0 aromatic carbocycles. The minimum atomic E-state index is -1.27. The lowest BCUT2D eigenvalue weighted by molar-refractivity contribution is 0.00962. The summed E-state index contributed by atoms with van der Waals surface area (Å²) in [4.78, 5) is 12.9. The van der Waals surface area contributed by atoms with Crippen molar-refractivity contribution in [3.8, 4) is 6.07 Å². The molecule has 1 saturated heterocycles. The van der Waals surface area contributed by atoms with Crippen molar-refractivity contribution in [1.82, 2.24) is 4.90 Å². The fraction of sp³-hybridized carbons (Fsp3) is 0.818. The molecule has 0 aromatic heterocycles. The van der Waals surface area contributed by atoms with Crippen LogP contribution in [-0.4, -0.2) is 35.9 Å². The number of carbonyl (C=O) groups excluding carboxylic acids is 1. The van der Waals surface area contributed by atoms with Gasteiger partial charge in [-0.1, -0.05) is 0 Å². The maximum absolute atomic E-state index is 13.4. The Balaban J connectivity index is 0.00000256. The summed E-state index contributed by atoms with van der Waals surface area (Å²) in [5, 5.41) is 8.65. The fourth-order valence-electron chi connectivity index (χ4n) is 1.54. The second kappa shape index (κ2) is 6.06. The van der Waals surface area contributed by atoms with Crippen molar-refractivity contribution < 1.29 is 13.9 Å². The molecule has 0 spiro atoms. The van der Waals surface area contributed by atoms with Crippen LogP contribution in [0.25, 0.3) is 0 Å². The normalized spacial score (nSPS) is 24.5. The van der Waals surface area contributed by atoms with E-state index in [1.54, 1.807) is 20.8 Å². The first-order chi connectivity index (χ1) is 7.33. The van der Waals surface area contributed by atoms with E-state index in [1.165, 1.54) is 4.90 Å². The first kappa shape index (κ1) is 16.0. The molecule has 0 N–H and O–H groups in total. The van der Waals surface area contributed by atoms with Crippen LogP contribution in [0.1, 0.15) is 27.2 Å². The largest absolute Gasteiger partial charge is 0.444 e. The molecule has 1 aliphatic rings. The second-order valence-corrected chi connectivity index (χ2v) is 4.97. The van der Waals surface area contributed by atoms with E-state index in [0.29, 0.717) is 13.0 Å². The van der Waals surface area contributed by atoms with Crippen LogP contribution < -0.4 is 0 Å². The van der Waals surface area contributed by atoms with E-state index in [0.717, 1.165) is 0 Å². The highest BCUT2D eigenvalue weighted by Gasteiger charge is 2.33. The molecule has 2 atom stereocenters. The maximum Gasteiger partial charge on any atom is 0.410 e. The molecule has 1 heterocycles. The molecule has 0 saturated carbocycles. The Morgan fingerprint density at radius 1 is 1.53 bits per heavy atom. The van der Waals surface area contributed by atoms with E-state index >= 15 is 0 Å². The quantitative estimate of drug-likeness (QED) is 0.676. The number of nitriles is 1. The van der Waals surface area contributed by atoms with Gasteiger partial charge < -0.3 is 9.64 Å². The molecule has 1 amide bonds. The number of carbonyl (C=O) groups is 1. The van der Waals surface area contributed by atoms with Crippen LogP contribution in [0.4, 0.5) is 9.18 Å². The number of hydrogen-bond acceptors (Lipinski definition) is 3. The van der Waals surface area contributed by atoms with Crippen LogP contribution in [0.5, 0.6) is 0 Å². The number of ether oxygens (including phenoxy) is 1. The molecule has 98 valence electrons. The summed E-state index contributed by atoms with van der Waals surface area (Å²) in [6, 6.07) is 1.91. The summed E-state index contributed by atoms with van der Waals surface area (Å²) >= 11 is 0. The molecule has 0 aliphatic carbocycles. The SMILES string of the molecule is CC(C)(C)OC(=O)N1CCC(C#N)C(F)C1.Cl. The van der Waals surface area contributed by atoms with Crippen LogP contribution in [0.15, 0.2) is 0 Å². The lowest BCUT2D eigenvalue weighted by atomic mass is 9.97. The van der Waals surface area contributed by atoms with Crippen molar-refractivity contribution in [1.29, 1.82) is 5.26 Å². The van der Waals surface area contributed by atoms with Gasteiger partial charge in [0.1, 0.15) is 11.8 Å². The van der Waals surface area contributed by atoms with E-state index in [2.05, 4.69) is 0 Å². The minimum Gasteiger partial charge on any atom is -0.444 e. The third-order valence-electron chi connectivity index (χ3n) is 2.36. The Kier molecular flexibility index (Phi) is 5.70. The van der Waals surface area contributed by atoms with Gasteiger partial charge in [0.05, 0.1) is 18.5 Å². The average Bonchev–Trinajstić information content (AvgIpc) is 2.15. The molecule has 4 nitrogen and oxygen atoms in total. The number of halogens is 2. The van der Waals surface area contributed by atoms with Gasteiger partial charge in [-0.2, -0.15) is 5.26 Å². The molecule has 0 aromatic rings. The highest BCUT2D eigenvalue weighted by Crippen LogP contribution is 2.21. The van der Waals surface area contributed by atoms with E-state index in [1.807, 2.05) is 6.07 Å². The average molecular weight is 265 g/mol. The van der Waals surface area contributed by atoms with Crippen LogP contribution in [0.3, 0.4) is 0 Å². The van der Waals surface area contributed by atoms with Gasteiger partial charge in [0.15, 0.2) is 0 Å². The first-order valence-electron chi connectivity index (χ1n) is 5.35. The monoisotopic (exact) mass is 264 g/mol. The van der Waals surface area contributed by atoms with Crippen molar-refractivity contribution in [3.63, 3.8) is 0 Å². The smallest absolute Gasteiger partial charge is 0.410 e. The molecule has 6 heteroatoms. The topological polar surface area (TPSA) is 53.3 Å². The molecule has 0 bridgehead atoms. The number of nitrogens with zero attached hydrogens (tertiary/aromatic N) is 2. The van der Waals surface area contributed by atoms with E-state index < -0.39 is 23.8 Å². The summed E-state index contributed by atoms with van der Waals surface area (Å²) < 4.78 is 18.6. The summed E-state index contributed by atoms with van der Waals surface area (Å²) in [6.07, 6.45) is -1.41. The van der Waals surface area contributed by atoms with E-state index in [4.69, 9.17) is 10.00 Å². The Hall–Kier alpha value is -1.02. The molecule has 0 radical (unpaired) electrons. The third-order valence-corrected chi connectivity index (χ3v) is 2.36. The fourth-order valence-corrected chi connectivity index (χ4v) is 1.54. The highest BCUT2D eigenvalue weighted by molar-refractivity contribution is 5.85. The number of rotatable bonds is 0. The summed E-state index contributed by atoms with van der Waals surface area (Å²) in [5.74, 6) is -0.598. The van der Waals surface area contributed by atoms with Crippen LogP contribution in [-0.2, 0) is 4.74 Å². The Morgan fingerprint density at radius 3 is 2.53 bits per heavy atom. The van der Waals surface area contributed by atoms with Gasteiger partial charge in [-0.15, -0.1) is 12.4 Å². The standard InChI is InChI=1S/C11H17FN2O2.ClH/c1-11(2,3)16-10(15)14-5-4-8(6-13)9(12)7-14;/h8-9H,4-5,7H2,1-3H3;1H. The lowest BCUT2D eigenvalue weighted by Crippen LogP contribution is -2.46. The second-order valence-electron chi connectivity index (χ2n) is 4.97. The summed E-state index contributed by atoms with van der Waals surface area (Å²) in [5.41, 5.74) is -0.574. The van der Waals surface area contributed by atoms with Crippen molar-refractivity contribution in [2.24, 2.45) is 5.92 Å². The van der Waals surface area contributed by atoms with Gasteiger partial charge in [0.25, 0.3) is 0 Å². The van der Waals surface area contributed by atoms with Crippen molar-refractivity contribution in [2.75, 3.05) is 13.1 Å². The summed E-state index contributed by atoms with van der Waals surface area (Å²) in [6.45, 7) is 5.63. The first-order valence-corrected chi connectivity index (χ1v) is 5.35. The zero-order valence-corrected chi connectivity index (χ0v) is 11.1. The predicted octanol–water partition coefficient (Wildman–Crippen LogP) is 2.53. The van der Waals surface area contributed by atoms with Gasteiger partial charge in [-0.3, -0.25) is 0 Å². The molecule has 2 unspecified atom stereocenters. The Bertz CT molecular complexity index is 312. The van der Waals surface area contributed by atoms with E-state index in [9.17, 15) is 9.18 Å². The highest BCUT2D eigenvalue weighted by atomic mass is 35.5. The number of amides is 1. The predicted molar refractivity (Wildman–Crippen MR) is 63.7 cm³/mol. The van der Waals surface area contributed by atoms with Gasteiger partial charge in [-0.05, 0) is 27.2 Å². The van der Waals surface area contributed by atoms with Crippen LogP contribution >= 0.6 is 12.4 Å². The van der Waals surface area contributed by atoms with Crippen molar-refractivity contribution in [3.05, 3.63) is 0 Å². The van der Waals surface area contributed by atoms with Gasteiger partial charge in [0, 0.05) is 6.54 Å². The molecule has 1 rings (SSSR count). The molecule has 1 fully saturated rings. The molecule has 17 heavy (non-hydrogen) atoms. The zero-order chi connectivity index (χ0) is 12.3. The zero-order valence-electron chi connectivity index (χ0n) is 10.3. The van der Waals surface area contributed by atoms with Crippen LogP contribution in [0.2, 0.25) is 0 Å². The molecular formula is C11H18ClFN2O2. The number of piperidine rings is 1. The van der Waals surface area contributed by atoms with Crippen molar-refractivity contribution in [2.45, 2.75) is 39.0 Å². The number of likely N-dealkylation sites (tertiary alicyclic amines) is 1. The lowest BCUT2D eigenvalue weighted by Gasteiger charge is -2.33. The minimum absolute atomic E-state index is 0. The molecule has 1 aliphatic heterocycles. The van der Waals surface area contributed by atoms with Gasteiger partial charge in [0.2, 0.25) is 0 Å². The Labute approximate surface area is 107 Å². The molecular weight excluding hydrogens is 247 g/mol. The Morgan fingerprint density at radius 2 is 2.12 bits per heavy atom. The number of alkyl halides is 1. The van der Waals surface area contributed by atoms with Gasteiger partial charge in [-0.25, -0.2) is 9.18 Å². The van der Waals surface area contributed by atoms with Crippen LogP contribution in [0, 0.1) is 17.2 Å². The van der Waals surface area contributed by atoms with Crippen molar-refractivity contribution >= 4 is 18.5 Å². The van der Waals surface area contributed by atoms with Gasteiger partial charge >= 0.3 is 6.09 Å². The maximum atomic E-state index is 13.4. The summed E-state index contributed by atoms with van der Waals surface area (Å²) in [7, 11) is 0. The van der Waals surface area contributed by atoms with E-state index in [-0.39, 0.29) is 19.0 Å².